The van der Waals surface area contributed by atoms with Crippen molar-refractivity contribution in [2.75, 3.05) is 7.11 Å². The summed E-state index contributed by atoms with van der Waals surface area (Å²) in [5.41, 5.74) is 7.81. The standard InChI is InChI=1S/C26H19N3O4/c1-14-20-24(29(28-14)16-10-4-3-5-11-16)33-23(27)21(25(31)32-2)26(20)18-13-7-9-15-8-6-12-17(19(15)18)22(26)30/h3-13H,27H2,1-2H3. The maximum absolute atomic E-state index is 14.3. The molecule has 6 rings (SSSR count). The number of rotatable bonds is 2. The van der Waals surface area contributed by atoms with Crippen LogP contribution in [-0.2, 0) is 14.9 Å². The van der Waals surface area contributed by atoms with Gasteiger partial charge in [0.25, 0.3) is 0 Å². The monoisotopic (exact) mass is 437 g/mol. The fourth-order valence-corrected chi connectivity index (χ4v) is 5.26. The van der Waals surface area contributed by atoms with Crippen LogP contribution in [0.5, 0.6) is 5.88 Å². The number of benzene rings is 3. The number of esters is 1. The van der Waals surface area contributed by atoms with E-state index in [2.05, 4.69) is 0 Å². The van der Waals surface area contributed by atoms with Crippen LogP contribution in [0.2, 0.25) is 0 Å². The second-order valence-electron chi connectivity index (χ2n) is 8.13. The molecule has 7 heteroatoms. The van der Waals surface area contributed by atoms with Crippen molar-refractivity contribution in [2.45, 2.75) is 12.3 Å². The van der Waals surface area contributed by atoms with E-state index in [0.717, 1.165) is 16.5 Å². The number of nitrogens with two attached hydrogens (primary N) is 1. The van der Waals surface area contributed by atoms with E-state index in [4.69, 9.17) is 20.3 Å². The second kappa shape index (κ2) is 6.56. The number of carbonyl (C=O) groups excluding carboxylic acids is 2. The highest BCUT2D eigenvalue weighted by Gasteiger charge is 2.60. The maximum Gasteiger partial charge on any atom is 0.340 e. The molecule has 162 valence electrons. The zero-order valence-electron chi connectivity index (χ0n) is 18.0. The number of nitrogens with zero attached hydrogens (tertiary/aromatic N) is 2. The minimum absolute atomic E-state index is 0.0260. The number of aryl methyl sites for hydroxylation is 1. The molecule has 1 aliphatic carbocycles. The number of ketones is 1. The van der Waals surface area contributed by atoms with E-state index in [1.165, 1.54) is 7.11 Å². The molecule has 2 N–H and O–H groups in total. The average molecular weight is 437 g/mol. The molecule has 2 aliphatic rings. The van der Waals surface area contributed by atoms with E-state index in [1.54, 1.807) is 17.7 Å². The molecule has 4 aromatic rings. The molecule has 3 aromatic carbocycles. The maximum atomic E-state index is 14.3. The number of carbonyl (C=O) groups is 2. The molecule has 1 aromatic heterocycles. The van der Waals surface area contributed by atoms with Crippen LogP contribution < -0.4 is 10.5 Å². The van der Waals surface area contributed by atoms with E-state index in [9.17, 15) is 9.59 Å². The molecule has 33 heavy (non-hydrogen) atoms. The van der Waals surface area contributed by atoms with Gasteiger partial charge < -0.3 is 15.2 Å². The number of fused-ring (bicyclic) bond motifs is 3. The molecule has 7 nitrogen and oxygen atoms in total. The van der Waals surface area contributed by atoms with Crippen LogP contribution in [0.25, 0.3) is 16.5 Å². The Hall–Kier alpha value is -4.39. The van der Waals surface area contributed by atoms with Crippen molar-refractivity contribution in [3.05, 3.63) is 101 Å². The number of para-hydroxylation sites is 1. The molecule has 2 heterocycles. The summed E-state index contributed by atoms with van der Waals surface area (Å²) in [7, 11) is 1.26. The van der Waals surface area contributed by atoms with Gasteiger partial charge in [0.1, 0.15) is 11.0 Å². The molecule has 0 bridgehead atoms. The third kappa shape index (κ3) is 2.26. The van der Waals surface area contributed by atoms with Crippen molar-refractivity contribution in [3.63, 3.8) is 0 Å². The third-order valence-corrected chi connectivity index (χ3v) is 6.51. The highest BCUT2D eigenvalue weighted by Crippen LogP contribution is 2.56. The lowest BCUT2D eigenvalue weighted by Gasteiger charge is -2.35. The van der Waals surface area contributed by atoms with E-state index >= 15 is 0 Å². The van der Waals surface area contributed by atoms with Crippen LogP contribution in [-0.4, -0.2) is 28.6 Å². The molecule has 1 aliphatic heterocycles. The Bertz CT molecular complexity index is 1530. The Kier molecular flexibility index (Phi) is 3.84. The smallest absolute Gasteiger partial charge is 0.340 e. The van der Waals surface area contributed by atoms with Gasteiger partial charge in [0.15, 0.2) is 5.78 Å². The molecule has 1 unspecified atom stereocenters. The highest BCUT2D eigenvalue weighted by molar-refractivity contribution is 6.26. The van der Waals surface area contributed by atoms with Crippen molar-refractivity contribution < 1.29 is 19.1 Å². The first-order chi connectivity index (χ1) is 16.0. The average Bonchev–Trinajstić information content (AvgIpc) is 3.29. The largest absolute Gasteiger partial charge is 0.465 e. The van der Waals surface area contributed by atoms with Crippen LogP contribution in [0.4, 0.5) is 0 Å². The number of hydrogen-bond acceptors (Lipinski definition) is 6. The Morgan fingerprint density at radius 1 is 1.06 bits per heavy atom. The van der Waals surface area contributed by atoms with Gasteiger partial charge in [-0.3, -0.25) is 4.79 Å². The lowest BCUT2D eigenvalue weighted by Crippen LogP contribution is -2.45. The number of ether oxygens (including phenoxy) is 2. The quantitative estimate of drug-likeness (QED) is 0.482. The van der Waals surface area contributed by atoms with Gasteiger partial charge >= 0.3 is 5.97 Å². The van der Waals surface area contributed by atoms with Crippen molar-refractivity contribution in [1.29, 1.82) is 0 Å². The highest BCUT2D eigenvalue weighted by atomic mass is 16.5. The fraction of sp³-hybridized carbons (Fsp3) is 0.115. The van der Waals surface area contributed by atoms with Crippen LogP contribution in [0.3, 0.4) is 0 Å². The van der Waals surface area contributed by atoms with E-state index < -0.39 is 11.4 Å². The zero-order chi connectivity index (χ0) is 22.9. The number of hydrogen-bond donors (Lipinski definition) is 1. The zero-order valence-corrected chi connectivity index (χ0v) is 18.0. The van der Waals surface area contributed by atoms with Gasteiger partial charge in [-0.05, 0) is 35.4 Å². The molecule has 0 amide bonds. The summed E-state index contributed by atoms with van der Waals surface area (Å²) >= 11 is 0. The van der Waals surface area contributed by atoms with Gasteiger partial charge in [0.05, 0.1) is 24.1 Å². The minimum Gasteiger partial charge on any atom is -0.465 e. The number of aromatic nitrogens is 2. The van der Waals surface area contributed by atoms with Gasteiger partial charge in [-0.25, -0.2) is 9.48 Å². The van der Waals surface area contributed by atoms with Crippen LogP contribution in [0.15, 0.2) is 78.2 Å². The normalized spacial score (nSPS) is 18.5. The Balaban J connectivity index is 1.78. The summed E-state index contributed by atoms with van der Waals surface area (Å²) in [6.07, 6.45) is 0. The minimum atomic E-state index is -1.52. The van der Waals surface area contributed by atoms with Crippen LogP contribution >= 0.6 is 0 Å². The molecule has 0 fully saturated rings. The fourth-order valence-electron chi connectivity index (χ4n) is 5.26. The molecule has 1 spiro atoms. The molecule has 1 atom stereocenters. The second-order valence-corrected chi connectivity index (χ2v) is 8.13. The molecular weight excluding hydrogens is 418 g/mol. The summed E-state index contributed by atoms with van der Waals surface area (Å²) in [6, 6.07) is 20.7. The van der Waals surface area contributed by atoms with E-state index in [1.807, 2.05) is 60.7 Å². The Morgan fingerprint density at radius 2 is 1.79 bits per heavy atom. The molecule has 0 radical (unpaired) electrons. The molecular formula is C26H19N3O4. The lowest BCUT2D eigenvalue weighted by molar-refractivity contribution is -0.137. The van der Waals surface area contributed by atoms with Crippen LogP contribution in [0.1, 0.15) is 27.2 Å². The van der Waals surface area contributed by atoms with E-state index in [0.29, 0.717) is 28.3 Å². The van der Waals surface area contributed by atoms with Crippen molar-refractivity contribution in [1.82, 2.24) is 9.78 Å². The Labute approximate surface area is 189 Å². The summed E-state index contributed by atoms with van der Waals surface area (Å²) in [5, 5.41) is 6.39. The summed E-state index contributed by atoms with van der Waals surface area (Å²) < 4.78 is 12.7. The van der Waals surface area contributed by atoms with Crippen molar-refractivity contribution in [2.24, 2.45) is 5.73 Å². The first kappa shape index (κ1) is 19.3. The van der Waals surface area contributed by atoms with Gasteiger partial charge in [0, 0.05) is 5.56 Å². The number of Topliss-reactive ketones (excluding diaryl/α,β-unsaturated/α-hetero) is 1. The summed E-state index contributed by atoms with van der Waals surface area (Å²) in [6.45, 7) is 1.80. The molecule has 0 saturated carbocycles. The third-order valence-electron chi connectivity index (χ3n) is 6.51. The van der Waals surface area contributed by atoms with Gasteiger partial charge in [-0.1, -0.05) is 54.6 Å². The van der Waals surface area contributed by atoms with Gasteiger partial charge in [-0.2, -0.15) is 5.10 Å². The lowest BCUT2D eigenvalue weighted by atomic mass is 9.67. The molecule has 0 saturated heterocycles. The van der Waals surface area contributed by atoms with Crippen LogP contribution in [0, 0.1) is 6.92 Å². The summed E-state index contributed by atoms with van der Waals surface area (Å²) in [5.74, 6) is -0.840. The number of methoxy groups -OCH3 is 1. The van der Waals surface area contributed by atoms with Crippen molar-refractivity contribution in [3.8, 4) is 11.6 Å². The summed E-state index contributed by atoms with van der Waals surface area (Å²) in [4.78, 5) is 27.4. The predicted molar refractivity (Wildman–Crippen MR) is 121 cm³/mol. The Morgan fingerprint density at radius 3 is 2.52 bits per heavy atom. The first-order valence-corrected chi connectivity index (χ1v) is 10.5. The van der Waals surface area contributed by atoms with E-state index in [-0.39, 0.29) is 17.2 Å². The predicted octanol–water partition coefficient (Wildman–Crippen LogP) is 3.55. The topological polar surface area (TPSA) is 96.4 Å². The van der Waals surface area contributed by atoms with Gasteiger partial charge in [0.2, 0.25) is 11.8 Å². The van der Waals surface area contributed by atoms with Crippen molar-refractivity contribution >= 4 is 22.5 Å². The SMILES string of the molecule is COC(=O)C1=C(N)Oc2c(c(C)nn2-c2ccccc2)C12C(=O)c1cccc3cccc2c13. The first-order valence-electron chi connectivity index (χ1n) is 10.5. The van der Waals surface area contributed by atoms with Gasteiger partial charge in [-0.15, -0.1) is 0 Å².